The molecule has 2 heterocycles. The largest absolute Gasteiger partial charge is 0.298 e. The van der Waals surface area contributed by atoms with Crippen LogP contribution < -0.4 is 0 Å². The van der Waals surface area contributed by atoms with Gasteiger partial charge in [-0.3, -0.25) is 4.90 Å². The summed E-state index contributed by atoms with van der Waals surface area (Å²) in [7, 11) is 2.12. The molecule has 0 radical (unpaired) electrons. The van der Waals surface area contributed by atoms with Crippen LogP contribution in [0.4, 0.5) is 0 Å². The molecular formula is C9H12ClN3. The number of hydrogen-bond donors (Lipinski definition) is 0. The Morgan fingerprint density at radius 2 is 2.31 bits per heavy atom. The van der Waals surface area contributed by atoms with Gasteiger partial charge in [-0.2, -0.15) is 5.10 Å². The molecule has 1 aliphatic heterocycles. The van der Waals surface area contributed by atoms with Gasteiger partial charge < -0.3 is 0 Å². The molecular weight excluding hydrogens is 186 g/mol. The molecule has 3 nitrogen and oxygen atoms in total. The second kappa shape index (κ2) is 3.60. The van der Waals surface area contributed by atoms with Gasteiger partial charge in [0.05, 0.1) is 11.7 Å². The highest BCUT2D eigenvalue weighted by atomic mass is 35.5. The summed E-state index contributed by atoms with van der Waals surface area (Å²) in [6.45, 7) is 1.15. The van der Waals surface area contributed by atoms with Gasteiger partial charge in [-0.1, -0.05) is 11.6 Å². The molecule has 0 aliphatic carbocycles. The Morgan fingerprint density at radius 3 is 2.85 bits per heavy atom. The van der Waals surface area contributed by atoms with Gasteiger partial charge in [0.2, 0.25) is 0 Å². The minimum absolute atomic E-state index is 0.435. The van der Waals surface area contributed by atoms with Crippen molar-refractivity contribution < 1.29 is 0 Å². The molecule has 1 aromatic rings. The van der Waals surface area contributed by atoms with Crippen molar-refractivity contribution in [3.05, 3.63) is 23.0 Å². The number of halogens is 1. The maximum atomic E-state index is 5.67. The van der Waals surface area contributed by atoms with E-state index in [4.69, 9.17) is 11.6 Å². The second-order valence-corrected chi connectivity index (χ2v) is 3.81. The fourth-order valence-corrected chi connectivity index (χ4v) is 1.89. The maximum Gasteiger partial charge on any atom is 0.151 e. The highest BCUT2D eigenvalue weighted by Gasteiger charge is 2.23. The molecule has 0 N–H and O–H groups in total. The standard InChI is InChI=1S/C9H12ClN3/c1-13-6-2-3-8(13)7-4-5-9(10)12-11-7/h4-5,8H,2-3,6H2,1H3. The molecule has 0 spiro atoms. The first kappa shape index (κ1) is 8.91. The zero-order valence-corrected chi connectivity index (χ0v) is 8.33. The van der Waals surface area contributed by atoms with Crippen molar-refractivity contribution in [1.29, 1.82) is 0 Å². The molecule has 13 heavy (non-hydrogen) atoms. The quantitative estimate of drug-likeness (QED) is 0.689. The summed E-state index contributed by atoms with van der Waals surface area (Å²) in [4.78, 5) is 2.30. The number of nitrogens with zero attached hydrogens (tertiary/aromatic N) is 3. The van der Waals surface area contributed by atoms with Crippen LogP contribution in [0.5, 0.6) is 0 Å². The Morgan fingerprint density at radius 1 is 1.46 bits per heavy atom. The van der Waals surface area contributed by atoms with Crippen LogP contribution in [-0.2, 0) is 0 Å². The molecule has 1 atom stereocenters. The van der Waals surface area contributed by atoms with Crippen molar-refractivity contribution in [3.63, 3.8) is 0 Å². The molecule has 0 amide bonds. The lowest BCUT2D eigenvalue weighted by Crippen LogP contribution is -2.18. The van der Waals surface area contributed by atoms with Crippen LogP contribution in [0.1, 0.15) is 24.6 Å². The van der Waals surface area contributed by atoms with Crippen molar-refractivity contribution in [2.75, 3.05) is 13.6 Å². The van der Waals surface area contributed by atoms with Gasteiger partial charge in [-0.25, -0.2) is 0 Å². The van der Waals surface area contributed by atoms with Crippen molar-refractivity contribution in [3.8, 4) is 0 Å². The lowest BCUT2D eigenvalue weighted by molar-refractivity contribution is 0.310. The Hall–Kier alpha value is -0.670. The maximum absolute atomic E-state index is 5.67. The smallest absolute Gasteiger partial charge is 0.151 e. The summed E-state index contributed by atoms with van der Waals surface area (Å²) in [5.41, 5.74) is 1.03. The zero-order valence-electron chi connectivity index (χ0n) is 7.57. The fourth-order valence-electron chi connectivity index (χ4n) is 1.79. The van der Waals surface area contributed by atoms with Gasteiger partial charge in [0.25, 0.3) is 0 Å². The molecule has 1 fully saturated rings. The van der Waals surface area contributed by atoms with Crippen LogP contribution in [-0.4, -0.2) is 28.7 Å². The van der Waals surface area contributed by atoms with Crippen molar-refractivity contribution >= 4 is 11.6 Å². The van der Waals surface area contributed by atoms with E-state index in [1.165, 1.54) is 12.8 Å². The molecule has 1 saturated heterocycles. The minimum atomic E-state index is 0.435. The Balaban J connectivity index is 2.20. The Labute approximate surface area is 82.7 Å². The Kier molecular flexibility index (Phi) is 2.47. The SMILES string of the molecule is CN1CCCC1c1ccc(Cl)nn1. The summed E-state index contributed by atoms with van der Waals surface area (Å²) in [6.07, 6.45) is 2.41. The first-order chi connectivity index (χ1) is 6.27. The average molecular weight is 198 g/mol. The predicted molar refractivity (Wildman–Crippen MR) is 51.6 cm³/mol. The number of rotatable bonds is 1. The third-order valence-corrected chi connectivity index (χ3v) is 2.72. The van der Waals surface area contributed by atoms with E-state index in [2.05, 4.69) is 22.1 Å². The predicted octanol–water partition coefficient (Wildman–Crippen LogP) is 1.90. The number of likely N-dealkylation sites (tertiary alicyclic amines) is 1. The van der Waals surface area contributed by atoms with Crippen LogP contribution in [0.2, 0.25) is 5.15 Å². The van der Waals surface area contributed by atoms with Gasteiger partial charge in [0, 0.05) is 0 Å². The molecule has 70 valence electrons. The zero-order chi connectivity index (χ0) is 9.26. The minimum Gasteiger partial charge on any atom is -0.298 e. The monoisotopic (exact) mass is 197 g/mol. The summed E-state index contributed by atoms with van der Waals surface area (Å²) < 4.78 is 0. The lowest BCUT2D eigenvalue weighted by Gasteiger charge is -2.17. The van der Waals surface area contributed by atoms with E-state index in [1.54, 1.807) is 6.07 Å². The molecule has 0 aromatic carbocycles. The first-order valence-electron chi connectivity index (χ1n) is 4.47. The van der Waals surface area contributed by atoms with Gasteiger partial charge in [-0.15, -0.1) is 5.10 Å². The molecule has 1 unspecified atom stereocenters. The summed E-state index contributed by atoms with van der Waals surface area (Å²) >= 11 is 5.67. The molecule has 1 aromatic heterocycles. The van der Waals surface area contributed by atoms with E-state index in [0.29, 0.717) is 11.2 Å². The van der Waals surface area contributed by atoms with Gasteiger partial charge >= 0.3 is 0 Å². The van der Waals surface area contributed by atoms with Crippen LogP contribution in [0, 0.1) is 0 Å². The third kappa shape index (κ3) is 1.81. The van der Waals surface area contributed by atoms with E-state index < -0.39 is 0 Å². The highest BCUT2D eigenvalue weighted by molar-refractivity contribution is 6.29. The van der Waals surface area contributed by atoms with Crippen LogP contribution in [0.15, 0.2) is 12.1 Å². The number of hydrogen-bond acceptors (Lipinski definition) is 3. The van der Waals surface area contributed by atoms with Crippen molar-refractivity contribution in [1.82, 2.24) is 15.1 Å². The van der Waals surface area contributed by atoms with Crippen LogP contribution >= 0.6 is 11.6 Å². The van der Waals surface area contributed by atoms with E-state index in [-0.39, 0.29) is 0 Å². The summed E-state index contributed by atoms with van der Waals surface area (Å²) in [5, 5.41) is 8.40. The highest BCUT2D eigenvalue weighted by Crippen LogP contribution is 2.28. The van der Waals surface area contributed by atoms with E-state index in [0.717, 1.165) is 12.2 Å². The van der Waals surface area contributed by atoms with Gasteiger partial charge in [-0.05, 0) is 38.6 Å². The third-order valence-electron chi connectivity index (χ3n) is 2.51. The molecule has 0 saturated carbocycles. The van der Waals surface area contributed by atoms with Gasteiger partial charge in [0.15, 0.2) is 5.15 Å². The van der Waals surface area contributed by atoms with Crippen LogP contribution in [0.3, 0.4) is 0 Å². The summed E-state index contributed by atoms with van der Waals surface area (Å²) in [6, 6.07) is 4.20. The average Bonchev–Trinajstić information content (AvgIpc) is 2.53. The van der Waals surface area contributed by atoms with Crippen molar-refractivity contribution in [2.45, 2.75) is 18.9 Å². The van der Waals surface area contributed by atoms with Gasteiger partial charge in [0.1, 0.15) is 0 Å². The van der Waals surface area contributed by atoms with E-state index >= 15 is 0 Å². The summed E-state index contributed by atoms with van der Waals surface area (Å²) in [5.74, 6) is 0. The lowest BCUT2D eigenvalue weighted by atomic mass is 10.1. The first-order valence-corrected chi connectivity index (χ1v) is 4.84. The van der Waals surface area contributed by atoms with Crippen molar-refractivity contribution in [2.24, 2.45) is 0 Å². The van der Waals surface area contributed by atoms with E-state index in [9.17, 15) is 0 Å². The molecule has 0 bridgehead atoms. The Bertz CT molecular complexity index is 285. The number of aromatic nitrogens is 2. The fraction of sp³-hybridized carbons (Fsp3) is 0.556. The van der Waals surface area contributed by atoms with Crippen LogP contribution in [0.25, 0.3) is 0 Å². The molecule has 4 heteroatoms. The molecule has 1 aliphatic rings. The normalized spacial score (nSPS) is 23.7. The van der Waals surface area contributed by atoms with E-state index in [1.807, 2.05) is 6.07 Å². The molecule has 2 rings (SSSR count). The second-order valence-electron chi connectivity index (χ2n) is 3.42. The topological polar surface area (TPSA) is 29.0 Å².